The van der Waals surface area contributed by atoms with Crippen LogP contribution in [-0.2, 0) is 22.7 Å². The van der Waals surface area contributed by atoms with E-state index >= 15 is 0 Å². The van der Waals surface area contributed by atoms with Crippen molar-refractivity contribution < 1.29 is 24.2 Å². The maximum absolute atomic E-state index is 11.2. The molecule has 0 aromatic carbocycles. The quantitative estimate of drug-likeness (QED) is 0.391. The van der Waals surface area contributed by atoms with Crippen LogP contribution in [0.4, 0.5) is 0 Å². The molecule has 74 valence electrons. The van der Waals surface area contributed by atoms with Gasteiger partial charge in [-0.15, -0.1) is 0 Å². The molecule has 0 aliphatic carbocycles. The van der Waals surface area contributed by atoms with Gasteiger partial charge >= 0.3 is 5.97 Å². The molecule has 0 spiro atoms. The van der Waals surface area contributed by atoms with E-state index < -0.39 is 5.97 Å². The zero-order valence-corrected chi connectivity index (χ0v) is 7.69. The van der Waals surface area contributed by atoms with E-state index in [1.54, 1.807) is 6.07 Å². The second-order valence-electron chi connectivity index (χ2n) is 3.03. The third-order valence-corrected chi connectivity index (χ3v) is 2.16. The van der Waals surface area contributed by atoms with Gasteiger partial charge in [-0.2, -0.15) is 0 Å². The van der Waals surface area contributed by atoms with Crippen LogP contribution in [0.1, 0.15) is 21.6 Å². The molecule has 0 radical (unpaired) electrons. The van der Waals surface area contributed by atoms with Gasteiger partial charge in [-0.1, -0.05) is 0 Å². The predicted molar refractivity (Wildman–Crippen MR) is 43.7 cm³/mol. The summed E-state index contributed by atoms with van der Waals surface area (Å²) in [7, 11) is 1.30. The summed E-state index contributed by atoms with van der Waals surface area (Å²) in [5.41, 5.74) is 1.81. The summed E-state index contributed by atoms with van der Waals surface area (Å²) in [5, 5.41) is 9.49. The van der Waals surface area contributed by atoms with Crippen molar-refractivity contribution in [3.8, 4) is 0 Å². The van der Waals surface area contributed by atoms with Gasteiger partial charge in [-0.25, -0.2) is 4.79 Å². The Morgan fingerprint density at radius 2 is 2.43 bits per heavy atom. The van der Waals surface area contributed by atoms with Gasteiger partial charge in [0.2, 0.25) is 6.20 Å². The lowest BCUT2D eigenvalue weighted by Gasteiger charge is -1.98. The third kappa shape index (κ3) is 1.31. The van der Waals surface area contributed by atoms with E-state index in [0.717, 1.165) is 10.3 Å². The maximum Gasteiger partial charge on any atom is 0.344 e. The number of aromatic nitrogens is 1. The van der Waals surface area contributed by atoms with Crippen LogP contribution in [0.15, 0.2) is 12.3 Å². The first kappa shape index (κ1) is 8.96. The molecule has 0 amide bonds. The zero-order valence-electron chi connectivity index (χ0n) is 7.69. The van der Waals surface area contributed by atoms with Crippen molar-refractivity contribution in [1.29, 1.82) is 0 Å². The Bertz CT molecular complexity index is 389. The predicted octanol–water partition coefficient (Wildman–Crippen LogP) is 0.0282. The van der Waals surface area contributed by atoms with Gasteiger partial charge in [0.15, 0.2) is 0 Å². The fourth-order valence-corrected chi connectivity index (χ4v) is 1.44. The van der Waals surface area contributed by atoms with Crippen molar-refractivity contribution in [2.45, 2.75) is 13.2 Å². The van der Waals surface area contributed by atoms with Crippen molar-refractivity contribution in [2.24, 2.45) is 0 Å². The molecule has 0 fully saturated rings. The van der Waals surface area contributed by atoms with E-state index in [1.807, 2.05) is 0 Å². The minimum absolute atomic E-state index is 0.319. The van der Waals surface area contributed by atoms with Crippen LogP contribution in [-0.4, -0.2) is 18.3 Å². The van der Waals surface area contributed by atoms with Gasteiger partial charge in [0, 0.05) is 4.73 Å². The summed E-state index contributed by atoms with van der Waals surface area (Å²) < 4.78 is 10.6. The third-order valence-electron chi connectivity index (χ3n) is 2.16. The topological polar surface area (TPSA) is 59.6 Å². The van der Waals surface area contributed by atoms with Crippen molar-refractivity contribution in [3.05, 3.63) is 29.1 Å². The molecule has 1 aliphatic heterocycles. The Morgan fingerprint density at radius 1 is 1.64 bits per heavy atom. The molecule has 1 aliphatic rings. The number of hydrogen-bond donors (Lipinski definition) is 1. The molecule has 0 saturated carbocycles. The SMILES string of the molecule is COC(=O)c1cc2c([n+](O)c1)COC2. The van der Waals surface area contributed by atoms with E-state index in [9.17, 15) is 10.0 Å². The van der Waals surface area contributed by atoms with Crippen LogP contribution in [0.5, 0.6) is 0 Å². The average molecular weight is 196 g/mol. The first-order valence-electron chi connectivity index (χ1n) is 4.15. The molecule has 0 bridgehead atoms. The Hall–Kier alpha value is -1.62. The van der Waals surface area contributed by atoms with E-state index in [1.165, 1.54) is 13.3 Å². The van der Waals surface area contributed by atoms with Crippen molar-refractivity contribution in [3.63, 3.8) is 0 Å². The van der Waals surface area contributed by atoms with Crippen molar-refractivity contribution >= 4 is 5.97 Å². The van der Waals surface area contributed by atoms with Crippen molar-refractivity contribution in [1.82, 2.24) is 0 Å². The summed E-state index contributed by atoms with van der Waals surface area (Å²) in [6, 6.07) is 1.67. The normalized spacial score (nSPS) is 13.8. The van der Waals surface area contributed by atoms with Gasteiger partial charge in [-0.3, -0.25) is 5.21 Å². The lowest BCUT2D eigenvalue weighted by atomic mass is 10.1. The highest BCUT2D eigenvalue weighted by Gasteiger charge is 2.26. The highest BCUT2D eigenvalue weighted by molar-refractivity contribution is 5.88. The summed E-state index contributed by atoms with van der Waals surface area (Å²) in [5.74, 6) is -0.470. The number of methoxy groups -OCH3 is 1. The van der Waals surface area contributed by atoms with Gasteiger partial charge < -0.3 is 9.47 Å². The molecular formula is C9H10NO4+. The average Bonchev–Trinajstić information content (AvgIpc) is 2.64. The fourth-order valence-electron chi connectivity index (χ4n) is 1.44. The highest BCUT2D eigenvalue weighted by atomic mass is 16.5. The second kappa shape index (κ2) is 3.26. The minimum Gasteiger partial charge on any atom is -0.465 e. The molecule has 0 atom stereocenters. The molecule has 2 heterocycles. The number of ether oxygens (including phenoxy) is 2. The fraction of sp³-hybridized carbons (Fsp3) is 0.333. The maximum atomic E-state index is 11.2. The Kier molecular flexibility index (Phi) is 2.09. The number of nitrogens with zero attached hydrogens (tertiary/aromatic N) is 1. The first-order valence-corrected chi connectivity index (χ1v) is 4.15. The molecular weight excluding hydrogens is 186 g/mol. The van der Waals surface area contributed by atoms with Crippen LogP contribution < -0.4 is 4.73 Å². The molecule has 5 heteroatoms. The second-order valence-corrected chi connectivity index (χ2v) is 3.03. The summed E-state index contributed by atoms with van der Waals surface area (Å²) in [6.07, 6.45) is 1.32. The summed E-state index contributed by atoms with van der Waals surface area (Å²) in [6.45, 7) is 0.786. The lowest BCUT2D eigenvalue weighted by Crippen LogP contribution is -2.36. The number of rotatable bonds is 1. The molecule has 14 heavy (non-hydrogen) atoms. The molecule has 0 saturated heterocycles. The van der Waals surface area contributed by atoms with Crippen molar-refractivity contribution in [2.75, 3.05) is 7.11 Å². The molecule has 0 unspecified atom stereocenters. The Balaban J connectivity index is 2.46. The monoisotopic (exact) mass is 196 g/mol. The number of carbonyl (C=O) groups excluding carboxylic acids is 1. The Labute approximate surface area is 80.5 Å². The van der Waals surface area contributed by atoms with E-state index in [4.69, 9.17) is 4.74 Å². The molecule has 1 N–H and O–H groups in total. The number of fused-ring (bicyclic) bond motifs is 1. The molecule has 1 aromatic heterocycles. The smallest absolute Gasteiger partial charge is 0.344 e. The number of pyridine rings is 1. The van der Waals surface area contributed by atoms with Gasteiger partial charge in [-0.05, 0) is 6.07 Å². The van der Waals surface area contributed by atoms with Gasteiger partial charge in [0.1, 0.15) is 12.2 Å². The lowest BCUT2D eigenvalue weighted by molar-refractivity contribution is -0.910. The van der Waals surface area contributed by atoms with Gasteiger partial charge in [0.25, 0.3) is 5.69 Å². The van der Waals surface area contributed by atoms with E-state index in [0.29, 0.717) is 24.5 Å². The number of esters is 1. The summed E-state index contributed by atoms with van der Waals surface area (Å²) >= 11 is 0. The molecule has 2 rings (SSSR count). The zero-order chi connectivity index (χ0) is 10.1. The number of hydrogen-bond acceptors (Lipinski definition) is 4. The number of carbonyl (C=O) groups is 1. The Morgan fingerprint density at radius 3 is 3.14 bits per heavy atom. The minimum atomic E-state index is -0.470. The van der Waals surface area contributed by atoms with Crippen LogP contribution in [0, 0.1) is 0 Å². The van der Waals surface area contributed by atoms with Crippen LogP contribution in [0.2, 0.25) is 0 Å². The van der Waals surface area contributed by atoms with E-state index in [2.05, 4.69) is 4.74 Å². The first-order chi connectivity index (χ1) is 6.72. The van der Waals surface area contributed by atoms with Crippen LogP contribution in [0.25, 0.3) is 0 Å². The summed E-state index contributed by atoms with van der Waals surface area (Å²) in [4.78, 5) is 11.2. The molecule has 1 aromatic rings. The highest BCUT2D eigenvalue weighted by Crippen LogP contribution is 2.17. The largest absolute Gasteiger partial charge is 0.465 e. The van der Waals surface area contributed by atoms with Crippen LogP contribution >= 0.6 is 0 Å². The van der Waals surface area contributed by atoms with Gasteiger partial charge in [0.05, 0.1) is 19.3 Å². The van der Waals surface area contributed by atoms with E-state index in [-0.39, 0.29) is 0 Å². The standard InChI is InChI=1S/C9H10NO4/c1-13-9(11)6-2-7-4-14-5-8(7)10(12)3-6/h2-3,12H,4-5H2,1H3/q+1. The molecule has 5 nitrogen and oxygen atoms in total. The van der Waals surface area contributed by atoms with Crippen LogP contribution in [0.3, 0.4) is 0 Å².